The van der Waals surface area contributed by atoms with Gasteiger partial charge in [-0.3, -0.25) is 24.7 Å². The molecule has 2 N–H and O–H groups in total. The summed E-state index contributed by atoms with van der Waals surface area (Å²) in [5.41, 5.74) is -0.478. The Balaban J connectivity index is 1.48. The number of para-hydroxylation sites is 1. The molecule has 1 fully saturated rings. The molecule has 1 aliphatic rings. The van der Waals surface area contributed by atoms with Crippen LogP contribution < -0.4 is 10.6 Å². The van der Waals surface area contributed by atoms with Crippen molar-refractivity contribution in [2.45, 2.75) is 26.1 Å². The number of carbonyl (C=O) groups is 2. The Morgan fingerprint density at radius 3 is 2.45 bits per heavy atom. The van der Waals surface area contributed by atoms with Crippen LogP contribution in [0.25, 0.3) is 0 Å². The first-order valence-corrected chi connectivity index (χ1v) is 9.80. The molecule has 1 unspecified atom stereocenters. The van der Waals surface area contributed by atoms with E-state index in [0.717, 1.165) is 6.07 Å². The predicted octanol–water partition coefficient (Wildman–Crippen LogP) is 2.59. The number of halogens is 3. The lowest BCUT2D eigenvalue weighted by atomic mass is 10.1. The number of hydrogen-bond acceptors (Lipinski definition) is 6. The van der Waals surface area contributed by atoms with Crippen molar-refractivity contribution < 1.29 is 27.3 Å². The lowest BCUT2D eigenvalue weighted by Crippen LogP contribution is -2.53. The van der Waals surface area contributed by atoms with Crippen LogP contribution in [0.1, 0.15) is 18.2 Å². The summed E-state index contributed by atoms with van der Waals surface area (Å²) < 4.78 is 44.2. The highest BCUT2D eigenvalue weighted by Crippen LogP contribution is 2.34. The van der Waals surface area contributed by atoms with Crippen molar-refractivity contribution in [3.8, 4) is 0 Å². The van der Waals surface area contributed by atoms with E-state index in [-0.39, 0.29) is 24.0 Å². The second-order valence-corrected chi connectivity index (χ2v) is 7.40. The molecule has 3 rings (SSSR count). The van der Waals surface area contributed by atoms with Gasteiger partial charge in [-0.2, -0.15) is 13.2 Å². The van der Waals surface area contributed by atoms with Crippen molar-refractivity contribution in [3.05, 3.63) is 41.6 Å². The quantitative estimate of drug-likeness (QED) is 0.719. The highest BCUT2D eigenvalue weighted by Gasteiger charge is 2.34. The molecule has 1 aromatic heterocycles. The zero-order valence-corrected chi connectivity index (χ0v) is 17.2. The van der Waals surface area contributed by atoms with Crippen molar-refractivity contribution in [3.63, 3.8) is 0 Å². The summed E-state index contributed by atoms with van der Waals surface area (Å²) >= 11 is 0. The molecule has 0 radical (unpaired) electrons. The fourth-order valence-corrected chi connectivity index (χ4v) is 3.36. The smallest absolute Gasteiger partial charge is 0.338 e. The minimum atomic E-state index is -4.55. The largest absolute Gasteiger partial charge is 0.418 e. The van der Waals surface area contributed by atoms with Crippen LogP contribution in [0.2, 0.25) is 0 Å². The number of nitrogens with one attached hydrogen (secondary N) is 2. The van der Waals surface area contributed by atoms with Crippen LogP contribution in [0, 0.1) is 6.92 Å². The van der Waals surface area contributed by atoms with E-state index < -0.39 is 23.7 Å². The number of alkyl halides is 3. The standard InChI is InChI=1S/C20H24F3N5O3/c1-13-11-18(31-26-13)25-19(30)14(2)28-9-7-27(8-10-28)12-17(29)24-16-6-4-3-5-15(16)20(21,22)23/h3-6,11,14H,7-10,12H2,1-2H3,(H,24,29)(H,25,30). The van der Waals surface area contributed by atoms with Crippen LogP contribution in [0.3, 0.4) is 0 Å². The first-order chi connectivity index (χ1) is 14.6. The van der Waals surface area contributed by atoms with Gasteiger partial charge in [-0.25, -0.2) is 0 Å². The van der Waals surface area contributed by atoms with E-state index in [1.54, 1.807) is 19.9 Å². The molecule has 2 heterocycles. The maximum Gasteiger partial charge on any atom is 0.418 e. The number of hydrogen-bond donors (Lipinski definition) is 2. The van der Waals surface area contributed by atoms with Crippen molar-refractivity contribution in [1.82, 2.24) is 15.0 Å². The monoisotopic (exact) mass is 439 g/mol. The Kier molecular flexibility index (Phi) is 6.96. The van der Waals surface area contributed by atoms with Crippen LogP contribution in [0.5, 0.6) is 0 Å². The number of aryl methyl sites for hydroxylation is 1. The van der Waals surface area contributed by atoms with Gasteiger partial charge in [0.1, 0.15) is 0 Å². The Morgan fingerprint density at radius 1 is 1.16 bits per heavy atom. The van der Waals surface area contributed by atoms with Gasteiger partial charge in [0.2, 0.25) is 17.7 Å². The zero-order chi connectivity index (χ0) is 22.6. The highest BCUT2D eigenvalue weighted by atomic mass is 19.4. The summed E-state index contributed by atoms with van der Waals surface area (Å²) in [5, 5.41) is 8.74. The SMILES string of the molecule is Cc1cc(NC(=O)C(C)N2CCN(CC(=O)Nc3ccccc3C(F)(F)F)CC2)on1. The summed E-state index contributed by atoms with van der Waals surface area (Å²) in [6.45, 7) is 5.58. The third-order valence-electron chi connectivity index (χ3n) is 5.08. The molecule has 8 nitrogen and oxygen atoms in total. The van der Waals surface area contributed by atoms with Gasteiger partial charge < -0.3 is 9.84 Å². The number of nitrogens with zero attached hydrogens (tertiary/aromatic N) is 3. The number of rotatable bonds is 6. The van der Waals surface area contributed by atoms with Gasteiger partial charge >= 0.3 is 6.18 Å². The molecule has 0 aliphatic carbocycles. The Bertz CT molecular complexity index is 923. The van der Waals surface area contributed by atoms with E-state index in [2.05, 4.69) is 15.8 Å². The summed E-state index contributed by atoms with van der Waals surface area (Å²) in [5.74, 6) is -0.466. The molecular weight excluding hydrogens is 415 g/mol. The Morgan fingerprint density at radius 2 is 1.84 bits per heavy atom. The van der Waals surface area contributed by atoms with Crippen molar-refractivity contribution in [2.24, 2.45) is 0 Å². The van der Waals surface area contributed by atoms with E-state index in [4.69, 9.17) is 4.52 Å². The fraction of sp³-hybridized carbons (Fsp3) is 0.450. The van der Waals surface area contributed by atoms with Gasteiger partial charge in [-0.1, -0.05) is 17.3 Å². The highest BCUT2D eigenvalue weighted by molar-refractivity contribution is 5.94. The maximum atomic E-state index is 13.1. The number of amides is 2. The van der Waals surface area contributed by atoms with Gasteiger partial charge in [0.05, 0.1) is 29.5 Å². The average molecular weight is 439 g/mol. The summed E-state index contributed by atoms with van der Waals surface area (Å²) in [6.07, 6.45) is -4.55. The van der Waals surface area contributed by atoms with Gasteiger partial charge in [-0.05, 0) is 26.0 Å². The van der Waals surface area contributed by atoms with E-state index >= 15 is 0 Å². The number of benzene rings is 1. The summed E-state index contributed by atoms with van der Waals surface area (Å²) in [4.78, 5) is 28.5. The molecule has 2 aromatic rings. The Hall–Kier alpha value is -2.92. The van der Waals surface area contributed by atoms with Crippen molar-refractivity contribution in [2.75, 3.05) is 43.4 Å². The zero-order valence-electron chi connectivity index (χ0n) is 17.2. The number of piperazine rings is 1. The van der Waals surface area contributed by atoms with E-state index in [1.165, 1.54) is 18.2 Å². The molecule has 168 valence electrons. The van der Waals surface area contributed by atoms with Crippen LogP contribution in [0.4, 0.5) is 24.7 Å². The predicted molar refractivity (Wildman–Crippen MR) is 107 cm³/mol. The first-order valence-electron chi connectivity index (χ1n) is 9.80. The topological polar surface area (TPSA) is 90.7 Å². The number of carbonyl (C=O) groups excluding carboxylic acids is 2. The second-order valence-electron chi connectivity index (χ2n) is 7.40. The fourth-order valence-electron chi connectivity index (χ4n) is 3.36. The van der Waals surface area contributed by atoms with Gasteiger partial charge in [0.25, 0.3) is 0 Å². The lowest BCUT2D eigenvalue weighted by Gasteiger charge is -2.36. The third-order valence-corrected chi connectivity index (χ3v) is 5.08. The van der Waals surface area contributed by atoms with Gasteiger partial charge in [0.15, 0.2) is 0 Å². The molecule has 31 heavy (non-hydrogen) atoms. The third kappa shape index (κ3) is 6.05. The number of aromatic nitrogens is 1. The molecule has 11 heteroatoms. The van der Waals surface area contributed by atoms with Crippen LogP contribution in [0.15, 0.2) is 34.9 Å². The van der Waals surface area contributed by atoms with E-state index in [1.807, 2.05) is 9.80 Å². The normalized spacial score (nSPS) is 16.7. The molecule has 2 amide bonds. The summed E-state index contributed by atoms with van der Waals surface area (Å²) in [7, 11) is 0. The van der Waals surface area contributed by atoms with E-state index in [9.17, 15) is 22.8 Å². The minimum Gasteiger partial charge on any atom is -0.338 e. The molecule has 1 aliphatic heterocycles. The van der Waals surface area contributed by atoms with Crippen molar-refractivity contribution in [1.29, 1.82) is 0 Å². The van der Waals surface area contributed by atoms with Gasteiger partial charge in [-0.15, -0.1) is 0 Å². The average Bonchev–Trinajstić information content (AvgIpc) is 3.12. The van der Waals surface area contributed by atoms with Crippen LogP contribution in [-0.2, 0) is 15.8 Å². The molecule has 1 saturated heterocycles. The molecule has 0 saturated carbocycles. The molecular formula is C20H24F3N5O3. The molecule has 1 aromatic carbocycles. The Labute approximate surface area is 177 Å². The lowest BCUT2D eigenvalue weighted by molar-refractivity contribution is -0.137. The first kappa shape index (κ1) is 22.8. The molecule has 1 atom stereocenters. The number of anilines is 2. The summed E-state index contributed by atoms with van der Waals surface area (Å²) in [6, 6.07) is 6.09. The van der Waals surface area contributed by atoms with Gasteiger partial charge in [0, 0.05) is 32.2 Å². The van der Waals surface area contributed by atoms with Crippen LogP contribution >= 0.6 is 0 Å². The maximum absolute atomic E-state index is 13.1. The minimum absolute atomic E-state index is 0.0298. The molecule has 0 spiro atoms. The van der Waals surface area contributed by atoms with E-state index in [0.29, 0.717) is 31.9 Å². The van der Waals surface area contributed by atoms with Crippen molar-refractivity contribution >= 4 is 23.4 Å². The second kappa shape index (κ2) is 9.48. The molecule has 0 bridgehead atoms. The van der Waals surface area contributed by atoms with Crippen LogP contribution in [-0.4, -0.2) is 65.5 Å².